The van der Waals surface area contributed by atoms with E-state index in [2.05, 4.69) is 59.1 Å². The molecule has 0 amide bonds. The maximum atomic E-state index is 5.43. The summed E-state index contributed by atoms with van der Waals surface area (Å²) < 4.78 is 7.94. The molecule has 1 N–H and O–H groups in total. The first-order chi connectivity index (χ1) is 11.8. The zero-order valence-electron chi connectivity index (χ0n) is 14.0. The van der Waals surface area contributed by atoms with Gasteiger partial charge in [0.15, 0.2) is 0 Å². The van der Waals surface area contributed by atoms with Gasteiger partial charge in [0.05, 0.1) is 7.11 Å². The average Bonchev–Trinajstić information content (AvgIpc) is 3.30. The lowest BCUT2D eigenvalue weighted by Crippen LogP contribution is -1.97. The SMILES string of the molecule is COc1ccc2[nH]cc(C3CCn4c3c(C)c3ccccc34)c2c1. The molecule has 0 saturated carbocycles. The molecule has 5 rings (SSSR count). The van der Waals surface area contributed by atoms with Crippen LogP contribution in [0.1, 0.15) is 29.2 Å². The first-order valence-corrected chi connectivity index (χ1v) is 8.50. The Morgan fingerprint density at radius 2 is 2.00 bits per heavy atom. The van der Waals surface area contributed by atoms with Crippen molar-refractivity contribution in [2.45, 2.75) is 25.8 Å². The van der Waals surface area contributed by atoms with E-state index in [9.17, 15) is 0 Å². The molecule has 0 saturated heterocycles. The lowest BCUT2D eigenvalue weighted by molar-refractivity contribution is 0.415. The van der Waals surface area contributed by atoms with Gasteiger partial charge in [-0.15, -0.1) is 0 Å². The van der Waals surface area contributed by atoms with E-state index in [-0.39, 0.29) is 0 Å². The predicted molar refractivity (Wildman–Crippen MR) is 98.0 cm³/mol. The smallest absolute Gasteiger partial charge is 0.119 e. The van der Waals surface area contributed by atoms with Gasteiger partial charge in [-0.1, -0.05) is 18.2 Å². The molecule has 1 atom stereocenters. The van der Waals surface area contributed by atoms with E-state index >= 15 is 0 Å². The minimum Gasteiger partial charge on any atom is -0.497 e. The van der Waals surface area contributed by atoms with Crippen LogP contribution in [0.25, 0.3) is 21.8 Å². The fourth-order valence-corrected chi connectivity index (χ4v) is 4.42. The number of methoxy groups -OCH3 is 1. The molecule has 24 heavy (non-hydrogen) atoms. The van der Waals surface area contributed by atoms with Crippen LogP contribution in [0.3, 0.4) is 0 Å². The van der Waals surface area contributed by atoms with Crippen molar-refractivity contribution < 1.29 is 4.74 Å². The minimum absolute atomic E-state index is 0.443. The predicted octanol–water partition coefficient (Wildman–Crippen LogP) is 4.98. The van der Waals surface area contributed by atoms with Crippen molar-refractivity contribution in [2.24, 2.45) is 0 Å². The molecule has 3 heteroatoms. The summed E-state index contributed by atoms with van der Waals surface area (Å²) in [5.41, 5.74) is 6.82. The summed E-state index contributed by atoms with van der Waals surface area (Å²) in [6, 6.07) is 15.0. The zero-order valence-corrected chi connectivity index (χ0v) is 14.0. The Morgan fingerprint density at radius 1 is 1.12 bits per heavy atom. The maximum absolute atomic E-state index is 5.43. The molecule has 2 aromatic carbocycles. The highest BCUT2D eigenvalue weighted by atomic mass is 16.5. The first-order valence-electron chi connectivity index (χ1n) is 8.50. The molecule has 120 valence electrons. The van der Waals surface area contributed by atoms with Crippen molar-refractivity contribution in [1.82, 2.24) is 9.55 Å². The Balaban J connectivity index is 1.74. The second-order valence-electron chi connectivity index (χ2n) is 6.68. The molecule has 2 aromatic heterocycles. The van der Waals surface area contributed by atoms with Crippen molar-refractivity contribution >= 4 is 21.8 Å². The quantitative estimate of drug-likeness (QED) is 0.555. The third-order valence-corrected chi connectivity index (χ3v) is 5.54. The van der Waals surface area contributed by atoms with Crippen LogP contribution in [-0.2, 0) is 6.54 Å². The molecular formula is C21H20N2O. The molecule has 1 aliphatic rings. The summed E-state index contributed by atoms with van der Waals surface area (Å²) in [7, 11) is 1.73. The van der Waals surface area contributed by atoms with E-state index in [1.807, 2.05) is 6.07 Å². The molecule has 3 heterocycles. The monoisotopic (exact) mass is 316 g/mol. The number of nitrogens with one attached hydrogen (secondary N) is 1. The van der Waals surface area contributed by atoms with E-state index in [0.29, 0.717) is 5.92 Å². The normalized spacial score (nSPS) is 16.8. The number of nitrogens with zero attached hydrogens (tertiary/aromatic N) is 1. The standard InChI is InChI=1S/C21H20N2O/c1-13-15-5-3-4-6-20(15)23-10-9-16(21(13)23)18-12-22-19-8-7-14(24-2)11-17(18)19/h3-8,11-12,16,22H,9-10H2,1-2H3. The van der Waals surface area contributed by atoms with Crippen LogP contribution >= 0.6 is 0 Å². The highest BCUT2D eigenvalue weighted by molar-refractivity contribution is 5.89. The summed E-state index contributed by atoms with van der Waals surface area (Å²) in [5.74, 6) is 1.36. The molecule has 0 bridgehead atoms. The van der Waals surface area contributed by atoms with Crippen LogP contribution in [0.2, 0.25) is 0 Å². The van der Waals surface area contributed by atoms with Gasteiger partial charge >= 0.3 is 0 Å². The molecule has 0 spiro atoms. The number of rotatable bonds is 2. The minimum atomic E-state index is 0.443. The van der Waals surface area contributed by atoms with Gasteiger partial charge in [0.2, 0.25) is 0 Å². The maximum Gasteiger partial charge on any atom is 0.119 e. The van der Waals surface area contributed by atoms with Crippen LogP contribution < -0.4 is 4.74 Å². The summed E-state index contributed by atoms with van der Waals surface area (Å²) in [6.45, 7) is 3.35. The van der Waals surface area contributed by atoms with Crippen LogP contribution in [0.15, 0.2) is 48.7 Å². The van der Waals surface area contributed by atoms with Gasteiger partial charge < -0.3 is 14.3 Å². The first kappa shape index (κ1) is 13.7. The Hall–Kier alpha value is -2.68. The van der Waals surface area contributed by atoms with Crippen LogP contribution in [0.5, 0.6) is 5.75 Å². The average molecular weight is 316 g/mol. The van der Waals surface area contributed by atoms with E-state index in [0.717, 1.165) is 18.7 Å². The number of aromatic nitrogens is 2. The fraction of sp³-hybridized carbons (Fsp3) is 0.238. The van der Waals surface area contributed by atoms with Gasteiger partial charge in [-0.05, 0) is 48.7 Å². The topological polar surface area (TPSA) is 29.9 Å². The van der Waals surface area contributed by atoms with Gasteiger partial charge in [0, 0.05) is 46.2 Å². The molecule has 4 aromatic rings. The number of H-pyrrole nitrogens is 1. The van der Waals surface area contributed by atoms with Crippen LogP contribution in [0.4, 0.5) is 0 Å². The van der Waals surface area contributed by atoms with Gasteiger partial charge in [0.1, 0.15) is 5.75 Å². The highest BCUT2D eigenvalue weighted by Crippen LogP contribution is 2.43. The van der Waals surface area contributed by atoms with Gasteiger partial charge in [-0.25, -0.2) is 0 Å². The van der Waals surface area contributed by atoms with Crippen molar-refractivity contribution in [3.8, 4) is 5.75 Å². The van der Waals surface area contributed by atoms with Crippen molar-refractivity contribution in [3.05, 3.63) is 65.5 Å². The summed E-state index contributed by atoms with van der Waals surface area (Å²) in [5, 5.41) is 2.66. The number of hydrogen-bond acceptors (Lipinski definition) is 1. The Morgan fingerprint density at radius 3 is 2.88 bits per heavy atom. The largest absolute Gasteiger partial charge is 0.497 e. The van der Waals surface area contributed by atoms with Gasteiger partial charge in [0.25, 0.3) is 0 Å². The van der Waals surface area contributed by atoms with Crippen LogP contribution in [0, 0.1) is 6.92 Å². The summed E-state index contributed by atoms with van der Waals surface area (Å²) >= 11 is 0. The molecule has 1 aliphatic heterocycles. The third kappa shape index (κ3) is 1.72. The number of hydrogen-bond donors (Lipinski definition) is 1. The number of fused-ring (bicyclic) bond motifs is 4. The lowest BCUT2D eigenvalue weighted by atomic mass is 9.92. The molecular weight excluding hydrogens is 296 g/mol. The van der Waals surface area contributed by atoms with Gasteiger partial charge in [-0.3, -0.25) is 0 Å². The summed E-state index contributed by atoms with van der Waals surface area (Å²) in [6.07, 6.45) is 3.34. The van der Waals surface area contributed by atoms with E-state index in [1.165, 1.54) is 38.6 Å². The summed E-state index contributed by atoms with van der Waals surface area (Å²) in [4.78, 5) is 3.44. The number of ether oxygens (including phenoxy) is 1. The number of para-hydroxylation sites is 1. The number of aryl methyl sites for hydroxylation is 2. The van der Waals surface area contributed by atoms with Crippen molar-refractivity contribution in [2.75, 3.05) is 7.11 Å². The Labute approximate surface area is 140 Å². The molecule has 3 nitrogen and oxygen atoms in total. The Kier molecular flexibility index (Phi) is 2.81. The van der Waals surface area contributed by atoms with Crippen LogP contribution in [-0.4, -0.2) is 16.7 Å². The zero-order chi connectivity index (χ0) is 16.3. The number of aromatic amines is 1. The lowest BCUT2D eigenvalue weighted by Gasteiger charge is -2.11. The molecule has 0 aliphatic carbocycles. The Bertz CT molecular complexity index is 1070. The molecule has 0 radical (unpaired) electrons. The van der Waals surface area contributed by atoms with E-state index in [1.54, 1.807) is 7.11 Å². The number of benzene rings is 2. The van der Waals surface area contributed by atoms with Gasteiger partial charge in [-0.2, -0.15) is 0 Å². The van der Waals surface area contributed by atoms with E-state index < -0.39 is 0 Å². The molecule has 0 fully saturated rings. The third-order valence-electron chi connectivity index (χ3n) is 5.54. The van der Waals surface area contributed by atoms with Crippen molar-refractivity contribution in [1.29, 1.82) is 0 Å². The molecule has 1 unspecified atom stereocenters. The second-order valence-corrected chi connectivity index (χ2v) is 6.68. The van der Waals surface area contributed by atoms with E-state index in [4.69, 9.17) is 4.74 Å². The highest BCUT2D eigenvalue weighted by Gasteiger charge is 2.30. The van der Waals surface area contributed by atoms with Crippen molar-refractivity contribution in [3.63, 3.8) is 0 Å². The fourth-order valence-electron chi connectivity index (χ4n) is 4.42. The second kappa shape index (κ2) is 4.91.